The van der Waals surface area contributed by atoms with Crippen molar-refractivity contribution in [3.8, 4) is 22.6 Å². The number of ether oxygens (including phenoxy) is 2. The van der Waals surface area contributed by atoms with Crippen LogP contribution in [-0.4, -0.2) is 102 Å². The van der Waals surface area contributed by atoms with Crippen molar-refractivity contribution < 1.29 is 37.4 Å². The Labute approximate surface area is 404 Å². The molecular weight excluding hydrogens is 906 g/mol. The molecule has 69 heavy (non-hydrogen) atoms. The third-order valence-electron chi connectivity index (χ3n) is 15.6. The summed E-state index contributed by atoms with van der Waals surface area (Å²) in [7, 11) is 3.18. The highest BCUT2D eigenvalue weighted by Crippen LogP contribution is 2.56. The van der Waals surface area contributed by atoms with Gasteiger partial charge in [-0.25, -0.2) is 13.6 Å². The molecule has 0 spiro atoms. The number of urea groups is 1. The molecule has 2 unspecified atom stereocenters. The van der Waals surface area contributed by atoms with Gasteiger partial charge in [-0.15, -0.1) is 0 Å². The molecule has 17 heteroatoms. The first-order valence-corrected chi connectivity index (χ1v) is 24.4. The first-order valence-electron chi connectivity index (χ1n) is 24.0. The van der Waals surface area contributed by atoms with Gasteiger partial charge < -0.3 is 25.4 Å². The number of fused-ring (bicyclic) bond motifs is 2. The molecule has 5 heterocycles. The molecule has 4 fully saturated rings. The Bertz CT molecular complexity index is 2850. The second-order valence-corrected chi connectivity index (χ2v) is 19.7. The number of aromatic nitrogens is 2. The Morgan fingerprint density at radius 3 is 2.42 bits per heavy atom. The molecule has 3 saturated heterocycles. The number of halogens is 3. The van der Waals surface area contributed by atoms with Crippen molar-refractivity contribution in [3.05, 3.63) is 106 Å². The van der Waals surface area contributed by atoms with Gasteiger partial charge in [0.1, 0.15) is 11.6 Å². The lowest BCUT2D eigenvalue weighted by atomic mass is 9.77. The first kappa shape index (κ1) is 46.6. The predicted molar refractivity (Wildman–Crippen MR) is 258 cm³/mol. The van der Waals surface area contributed by atoms with Gasteiger partial charge in [0.25, 0.3) is 0 Å². The predicted octanol–water partition coefficient (Wildman–Crippen LogP) is 7.75. The van der Waals surface area contributed by atoms with Crippen molar-refractivity contribution in [1.82, 2.24) is 30.2 Å². The number of rotatable bonds is 11. The molecule has 4 N–H and O–H groups in total. The minimum Gasteiger partial charge on any atom is -0.494 e. The number of likely N-dealkylation sites (tertiary alicyclic amines) is 2. The fourth-order valence-electron chi connectivity index (χ4n) is 11.8. The number of carbonyl (C=O) groups is 4. The number of primary amides is 1. The molecule has 4 aromatic carbocycles. The number of hydrogen-bond acceptors (Lipinski definition) is 9. The monoisotopic (exact) mass is 962 g/mol. The van der Waals surface area contributed by atoms with Gasteiger partial charge in [0.15, 0.2) is 23.0 Å². The van der Waals surface area contributed by atoms with Gasteiger partial charge in [-0.3, -0.25) is 34.2 Å². The van der Waals surface area contributed by atoms with E-state index in [1.807, 2.05) is 55.1 Å². The number of nitrogens with zero attached hydrogens (tertiary/aromatic N) is 5. The summed E-state index contributed by atoms with van der Waals surface area (Å²) in [6.45, 7) is 5.97. The largest absolute Gasteiger partial charge is 0.494 e. The van der Waals surface area contributed by atoms with E-state index in [9.17, 15) is 19.2 Å². The number of aryl methyl sites for hydroxylation is 1. The van der Waals surface area contributed by atoms with Crippen LogP contribution in [0.15, 0.2) is 66.7 Å². The van der Waals surface area contributed by atoms with Crippen LogP contribution in [0.4, 0.5) is 19.4 Å². The van der Waals surface area contributed by atoms with E-state index in [0.717, 1.165) is 87.6 Å². The number of nitrogens with two attached hydrogens (primary N) is 1. The third kappa shape index (κ3) is 8.37. The number of nitrogens with one attached hydrogen (secondary N) is 2. The van der Waals surface area contributed by atoms with Gasteiger partial charge in [0, 0.05) is 91.7 Å². The molecule has 1 saturated carbocycles. The van der Waals surface area contributed by atoms with Crippen molar-refractivity contribution >= 4 is 52.1 Å². The van der Waals surface area contributed by atoms with Gasteiger partial charge in [-0.05, 0) is 99.3 Å². The zero-order valence-corrected chi connectivity index (χ0v) is 39.8. The molecule has 1 aliphatic carbocycles. The molecule has 14 nitrogen and oxygen atoms in total. The summed E-state index contributed by atoms with van der Waals surface area (Å²) in [6.07, 6.45) is 6.30. The Morgan fingerprint density at radius 2 is 1.71 bits per heavy atom. The Kier molecular flexibility index (Phi) is 12.6. The van der Waals surface area contributed by atoms with Gasteiger partial charge in [0.05, 0.1) is 23.2 Å². The molecule has 0 bridgehead atoms. The average Bonchev–Trinajstić information content (AvgIpc) is 4.06. The minimum atomic E-state index is -1.07. The summed E-state index contributed by atoms with van der Waals surface area (Å²) >= 11 is 6.71. The normalized spacial score (nSPS) is 24.4. The van der Waals surface area contributed by atoms with E-state index in [0.29, 0.717) is 36.4 Å². The second-order valence-electron chi connectivity index (χ2n) is 19.4. The number of carbonyl (C=O) groups excluding carboxylic acids is 4. The number of hydrogen-bond donors (Lipinski definition) is 3. The number of benzene rings is 4. The van der Waals surface area contributed by atoms with Crippen LogP contribution >= 0.6 is 11.6 Å². The van der Waals surface area contributed by atoms with Crippen molar-refractivity contribution in [2.24, 2.45) is 18.7 Å². The molecule has 4 aliphatic heterocycles. The quantitative estimate of drug-likeness (QED) is 0.120. The van der Waals surface area contributed by atoms with E-state index in [-0.39, 0.29) is 63.4 Å². The lowest BCUT2D eigenvalue weighted by Crippen LogP contribution is -2.49. The minimum absolute atomic E-state index is 0.00263. The maximum absolute atomic E-state index is 16.2. The van der Waals surface area contributed by atoms with Gasteiger partial charge in [-0.2, -0.15) is 5.10 Å². The molecule has 0 radical (unpaired) electrons. The number of piperidine rings is 1. The lowest BCUT2D eigenvalue weighted by Gasteiger charge is -2.38. The maximum Gasteiger partial charge on any atom is 0.329 e. The smallest absolute Gasteiger partial charge is 0.329 e. The molecule has 1 aromatic heterocycles. The van der Waals surface area contributed by atoms with Crippen LogP contribution in [0.5, 0.6) is 11.5 Å². The highest BCUT2D eigenvalue weighted by molar-refractivity contribution is 6.34. The van der Waals surface area contributed by atoms with E-state index >= 15 is 8.78 Å². The highest BCUT2D eigenvalue weighted by Gasteiger charge is 2.50. The van der Waals surface area contributed by atoms with Crippen molar-refractivity contribution in [1.29, 1.82) is 0 Å². The summed E-state index contributed by atoms with van der Waals surface area (Å²) in [5.41, 5.74) is 7.75. The number of methoxy groups -OCH3 is 1. The summed E-state index contributed by atoms with van der Waals surface area (Å²) in [4.78, 5) is 57.2. The standard InChI is InChI=1S/C52H57ClF2N8O6/c1-29-43-41(26-38(54)46(53)45(43)44-37(48(56)65)15-16-40(68-3)47(44)55)69-52(29,33-7-5-4-6-8-33)28-57-34-12-9-31(10-13-34)50(66)62-23-19-35(27-62)61-21-17-30(18-22-61)32-11-14-36-39(25-32)60(2)59-49(36)63-24-20-42(64)58-51(63)67/h4-8,11,14-16,25-26,29-31,34-35,57H,9-10,12-13,17-24,27-28H2,1-3H3,(H2,56,65)(H,58,64,67)/t29-,31?,34?,35?,52?/m0/s1. The molecule has 5 amide bonds. The Morgan fingerprint density at radius 1 is 0.957 bits per heavy atom. The van der Waals surface area contributed by atoms with E-state index in [1.54, 1.807) is 0 Å². The van der Waals surface area contributed by atoms with Gasteiger partial charge in [0.2, 0.25) is 17.7 Å². The summed E-state index contributed by atoms with van der Waals surface area (Å²) < 4.78 is 45.9. The van der Waals surface area contributed by atoms with Crippen molar-refractivity contribution in [2.45, 2.75) is 87.8 Å². The third-order valence-corrected chi connectivity index (χ3v) is 16.0. The molecule has 3 atom stereocenters. The van der Waals surface area contributed by atoms with Crippen molar-refractivity contribution in [3.63, 3.8) is 0 Å². The van der Waals surface area contributed by atoms with Crippen LogP contribution in [-0.2, 0) is 22.2 Å². The highest BCUT2D eigenvalue weighted by atomic mass is 35.5. The zero-order valence-electron chi connectivity index (χ0n) is 39.0. The SMILES string of the molecule is COc1ccc(C(N)=O)c(-c2c(Cl)c(F)cc3c2[C@H](C)C(CNC2CCC(C(=O)N4CCC(N5CCC(c6ccc7c(N8CCC(=O)NC8=O)nn(C)c7c6)CC5)C4)CC2)(c2ccccc2)O3)c1F. The van der Waals surface area contributed by atoms with Crippen LogP contribution in [0.25, 0.3) is 22.0 Å². The fourth-order valence-corrected chi connectivity index (χ4v) is 12.0. The summed E-state index contributed by atoms with van der Waals surface area (Å²) in [5.74, 6) is -2.23. The lowest BCUT2D eigenvalue weighted by molar-refractivity contribution is -0.135. The van der Waals surface area contributed by atoms with Gasteiger partial charge in [-0.1, -0.05) is 54.9 Å². The number of anilines is 1. The van der Waals surface area contributed by atoms with E-state index in [2.05, 4.69) is 37.7 Å². The molecule has 5 aliphatic rings. The van der Waals surface area contributed by atoms with E-state index in [4.69, 9.17) is 26.8 Å². The molecular formula is C52H57ClF2N8O6. The van der Waals surface area contributed by atoms with E-state index < -0.39 is 35.1 Å². The van der Waals surface area contributed by atoms with Gasteiger partial charge >= 0.3 is 6.03 Å². The molecule has 5 aromatic rings. The summed E-state index contributed by atoms with van der Waals surface area (Å²) in [6, 6.07) is 19.9. The first-order chi connectivity index (χ1) is 33.3. The van der Waals surface area contributed by atoms with Crippen LogP contribution in [0.2, 0.25) is 5.02 Å². The van der Waals surface area contributed by atoms with Crippen LogP contribution < -0.4 is 30.7 Å². The van der Waals surface area contributed by atoms with Crippen LogP contribution in [0.3, 0.4) is 0 Å². The van der Waals surface area contributed by atoms with E-state index in [1.165, 1.54) is 35.8 Å². The molecule has 362 valence electrons. The van der Waals surface area contributed by atoms with Crippen molar-refractivity contribution in [2.75, 3.05) is 51.3 Å². The zero-order chi connectivity index (χ0) is 48.3. The topological polar surface area (TPSA) is 164 Å². The average molecular weight is 964 g/mol. The van der Waals surface area contributed by atoms with Crippen LogP contribution in [0.1, 0.15) is 97.2 Å². The maximum atomic E-state index is 16.2. The number of imide groups is 1. The number of amides is 5. The van der Waals surface area contributed by atoms with Crippen LogP contribution in [0, 0.1) is 17.6 Å². The Hall–Kier alpha value is -6.10. The molecule has 10 rings (SSSR count). The second kappa shape index (κ2) is 18.7. The Balaban J connectivity index is 0.763. The fraction of sp³-hybridized carbons (Fsp3) is 0.442. The summed E-state index contributed by atoms with van der Waals surface area (Å²) in [5, 5.41) is 11.3.